The van der Waals surface area contributed by atoms with Crippen molar-refractivity contribution in [3.8, 4) is 11.4 Å². The molecule has 0 amide bonds. The van der Waals surface area contributed by atoms with E-state index in [1.54, 1.807) is 0 Å². The largest absolute Gasteiger partial charge is 0.573 e. The Hall–Kier alpha value is -4.09. The second-order valence-corrected chi connectivity index (χ2v) is 7.76. The summed E-state index contributed by atoms with van der Waals surface area (Å²) in [5, 5.41) is 16.5. The molecule has 1 aliphatic rings. The number of aromatic nitrogens is 3. The van der Waals surface area contributed by atoms with Crippen molar-refractivity contribution in [1.29, 1.82) is 0 Å². The fourth-order valence-corrected chi connectivity index (χ4v) is 3.85. The van der Waals surface area contributed by atoms with Crippen molar-refractivity contribution in [3.05, 3.63) is 73.9 Å². The van der Waals surface area contributed by atoms with Crippen LogP contribution in [0.5, 0.6) is 5.75 Å². The molecule has 2 heterocycles. The Balaban J connectivity index is 1.81. The van der Waals surface area contributed by atoms with Crippen LogP contribution >= 0.6 is 0 Å². The van der Waals surface area contributed by atoms with E-state index in [1.165, 1.54) is 31.4 Å². The molecule has 9 nitrogen and oxygen atoms in total. The third kappa shape index (κ3) is 4.65. The van der Waals surface area contributed by atoms with Crippen molar-refractivity contribution in [3.63, 3.8) is 0 Å². The molecule has 0 spiro atoms. The average Bonchev–Trinajstić information content (AvgIpc) is 2.78. The maximum absolute atomic E-state index is 13.1. The summed E-state index contributed by atoms with van der Waals surface area (Å²) in [5.74, 6) is -1.47. The molecular weight excluding hydrogens is 457 g/mol. The van der Waals surface area contributed by atoms with Gasteiger partial charge in [-0.3, -0.25) is 9.59 Å². The van der Waals surface area contributed by atoms with Crippen molar-refractivity contribution in [2.45, 2.75) is 32.0 Å². The van der Waals surface area contributed by atoms with E-state index in [-0.39, 0.29) is 22.8 Å². The predicted octanol–water partition coefficient (Wildman–Crippen LogP) is 3.15. The molecule has 0 unspecified atom stereocenters. The number of pyridine rings is 1. The van der Waals surface area contributed by atoms with E-state index in [2.05, 4.69) is 15.2 Å². The zero-order valence-electron chi connectivity index (χ0n) is 17.8. The number of rotatable bonds is 5. The van der Waals surface area contributed by atoms with Crippen LogP contribution in [-0.2, 0) is 19.9 Å². The minimum atomic E-state index is -4.85. The number of carbonyl (C=O) groups is 1. The van der Waals surface area contributed by atoms with Crippen LogP contribution < -0.4 is 21.2 Å². The zero-order chi connectivity index (χ0) is 24.6. The van der Waals surface area contributed by atoms with Gasteiger partial charge in [0.2, 0.25) is 0 Å². The van der Waals surface area contributed by atoms with Crippen LogP contribution in [0.25, 0.3) is 5.69 Å². The Bertz CT molecular complexity index is 1380. The van der Waals surface area contributed by atoms with Gasteiger partial charge in [0, 0.05) is 24.4 Å². The number of benzene rings is 1. The summed E-state index contributed by atoms with van der Waals surface area (Å²) in [4.78, 5) is 37.1. The molecule has 0 aliphatic heterocycles. The van der Waals surface area contributed by atoms with Crippen molar-refractivity contribution in [2.24, 2.45) is 7.05 Å². The first-order valence-electron chi connectivity index (χ1n) is 10.3. The van der Waals surface area contributed by atoms with Crippen LogP contribution in [-0.4, -0.2) is 31.8 Å². The number of fused-ring (bicyclic) bond motifs is 1. The summed E-state index contributed by atoms with van der Waals surface area (Å²) in [6.45, 7) is 0. The molecule has 34 heavy (non-hydrogen) atoms. The summed E-state index contributed by atoms with van der Waals surface area (Å²) < 4.78 is 43.4. The molecular formula is C22H19F3N4O5. The van der Waals surface area contributed by atoms with Crippen LogP contribution in [0.1, 0.15) is 34.3 Å². The van der Waals surface area contributed by atoms with Crippen LogP contribution in [0.3, 0.4) is 0 Å². The Morgan fingerprint density at radius 2 is 1.74 bits per heavy atom. The summed E-state index contributed by atoms with van der Waals surface area (Å²) in [7, 11) is 1.41. The van der Waals surface area contributed by atoms with Crippen molar-refractivity contribution >= 4 is 17.5 Å². The highest BCUT2D eigenvalue weighted by molar-refractivity contribution is 5.88. The molecule has 0 fully saturated rings. The topological polar surface area (TPSA) is 115 Å². The molecule has 0 saturated carbocycles. The number of hydrogen-bond donors (Lipinski definition) is 2. The highest BCUT2D eigenvalue weighted by atomic mass is 19.4. The van der Waals surface area contributed by atoms with Gasteiger partial charge in [0.15, 0.2) is 5.82 Å². The fraction of sp³-hybridized carbons (Fsp3) is 0.273. The molecule has 0 saturated heterocycles. The van der Waals surface area contributed by atoms with E-state index in [9.17, 15) is 32.7 Å². The van der Waals surface area contributed by atoms with E-state index in [0.29, 0.717) is 24.0 Å². The Labute approximate surface area is 190 Å². The lowest BCUT2D eigenvalue weighted by molar-refractivity contribution is -0.274. The SMILES string of the molecule is Cn1cc(C(=O)O)cc(Nc2nn(-c3ccc(OC(F)(F)F)cc3)c(=O)c3c2CCCC3)c1=O. The third-order valence-electron chi connectivity index (χ3n) is 5.40. The first-order chi connectivity index (χ1) is 16.0. The number of aryl methyl sites for hydroxylation is 1. The molecule has 12 heteroatoms. The molecule has 0 bridgehead atoms. The van der Waals surface area contributed by atoms with Gasteiger partial charge >= 0.3 is 12.3 Å². The number of carboxylic acid groups (broad SMARTS) is 1. The standard InChI is InChI=1S/C22H19F3N4O5/c1-28-11-12(21(32)33)10-17(20(28)31)26-18-15-4-2-3-5-16(15)19(30)29(27-18)13-6-8-14(9-7-13)34-22(23,24)25/h6-11H,2-5H2,1H3,(H,26,27)(H,32,33). The minimum absolute atomic E-state index is 0.0400. The zero-order valence-corrected chi connectivity index (χ0v) is 17.8. The molecule has 2 N–H and O–H groups in total. The van der Waals surface area contributed by atoms with E-state index >= 15 is 0 Å². The lowest BCUT2D eigenvalue weighted by Gasteiger charge is -2.21. The number of carboxylic acids is 1. The fourth-order valence-electron chi connectivity index (χ4n) is 3.85. The van der Waals surface area contributed by atoms with Gasteiger partial charge < -0.3 is 19.7 Å². The molecule has 1 aromatic carbocycles. The highest BCUT2D eigenvalue weighted by Gasteiger charge is 2.31. The summed E-state index contributed by atoms with van der Waals surface area (Å²) >= 11 is 0. The van der Waals surface area contributed by atoms with Gasteiger partial charge in [-0.25, -0.2) is 4.79 Å². The number of halogens is 3. The normalized spacial score (nSPS) is 13.3. The van der Waals surface area contributed by atoms with Gasteiger partial charge in [-0.05, 0) is 56.0 Å². The van der Waals surface area contributed by atoms with E-state index in [1.807, 2.05) is 0 Å². The first kappa shape index (κ1) is 23.1. The third-order valence-corrected chi connectivity index (χ3v) is 5.40. The number of nitrogens with zero attached hydrogens (tertiary/aromatic N) is 3. The molecule has 4 rings (SSSR count). The maximum Gasteiger partial charge on any atom is 0.573 e. The second kappa shape index (κ2) is 8.69. The van der Waals surface area contributed by atoms with Gasteiger partial charge in [-0.2, -0.15) is 4.68 Å². The summed E-state index contributed by atoms with van der Waals surface area (Å²) in [6.07, 6.45) is -1.12. The minimum Gasteiger partial charge on any atom is -0.478 e. The lowest BCUT2D eigenvalue weighted by Crippen LogP contribution is -2.30. The maximum atomic E-state index is 13.1. The smallest absolute Gasteiger partial charge is 0.478 e. The Morgan fingerprint density at radius 3 is 2.35 bits per heavy atom. The Morgan fingerprint density at radius 1 is 1.09 bits per heavy atom. The van der Waals surface area contributed by atoms with Gasteiger partial charge in [0.05, 0.1) is 11.3 Å². The van der Waals surface area contributed by atoms with E-state index in [4.69, 9.17) is 0 Å². The van der Waals surface area contributed by atoms with Crippen molar-refractivity contribution < 1.29 is 27.8 Å². The number of anilines is 2. The van der Waals surface area contributed by atoms with Gasteiger partial charge in [-0.1, -0.05) is 0 Å². The van der Waals surface area contributed by atoms with E-state index < -0.39 is 29.2 Å². The number of ether oxygens (including phenoxy) is 1. The number of nitrogens with one attached hydrogen (secondary N) is 1. The van der Waals surface area contributed by atoms with Crippen LogP contribution in [0.4, 0.5) is 24.7 Å². The van der Waals surface area contributed by atoms with Gasteiger partial charge in [-0.15, -0.1) is 18.3 Å². The molecule has 0 radical (unpaired) electrons. The van der Waals surface area contributed by atoms with Crippen LogP contribution in [0.2, 0.25) is 0 Å². The van der Waals surface area contributed by atoms with Crippen LogP contribution in [0.15, 0.2) is 46.1 Å². The van der Waals surface area contributed by atoms with Gasteiger partial charge in [0.25, 0.3) is 11.1 Å². The first-order valence-corrected chi connectivity index (χ1v) is 10.3. The number of hydrogen-bond acceptors (Lipinski definition) is 6. The quantitative estimate of drug-likeness (QED) is 0.581. The molecule has 0 atom stereocenters. The van der Waals surface area contributed by atoms with Gasteiger partial charge in [0.1, 0.15) is 11.4 Å². The molecule has 178 valence electrons. The second-order valence-electron chi connectivity index (χ2n) is 7.76. The number of aromatic carboxylic acids is 1. The van der Waals surface area contributed by atoms with Crippen molar-refractivity contribution in [2.75, 3.05) is 5.32 Å². The summed E-state index contributed by atoms with van der Waals surface area (Å²) in [5.41, 5.74) is 0.217. The van der Waals surface area contributed by atoms with Crippen molar-refractivity contribution in [1.82, 2.24) is 14.3 Å². The predicted molar refractivity (Wildman–Crippen MR) is 115 cm³/mol. The molecule has 2 aromatic heterocycles. The van der Waals surface area contributed by atoms with Crippen LogP contribution in [0, 0.1) is 0 Å². The average molecular weight is 476 g/mol. The molecule has 3 aromatic rings. The number of alkyl halides is 3. The van der Waals surface area contributed by atoms with E-state index in [0.717, 1.165) is 34.2 Å². The molecule has 1 aliphatic carbocycles. The lowest BCUT2D eigenvalue weighted by atomic mass is 9.93. The monoisotopic (exact) mass is 476 g/mol. The Kier molecular flexibility index (Phi) is 5.90. The summed E-state index contributed by atoms with van der Waals surface area (Å²) in [6, 6.07) is 5.84. The highest BCUT2D eigenvalue weighted by Crippen LogP contribution is 2.27.